The third-order valence-corrected chi connectivity index (χ3v) is 5.65. The second-order valence-electron chi connectivity index (χ2n) is 6.19. The summed E-state index contributed by atoms with van der Waals surface area (Å²) < 4.78 is 0. The summed E-state index contributed by atoms with van der Waals surface area (Å²) >= 11 is 12.1. The van der Waals surface area contributed by atoms with Crippen molar-refractivity contribution < 1.29 is 4.79 Å². The first kappa shape index (κ1) is 15.1. The van der Waals surface area contributed by atoms with Gasteiger partial charge in [0.1, 0.15) is 0 Å². The molecule has 0 spiro atoms. The van der Waals surface area contributed by atoms with E-state index in [1.54, 1.807) is 6.07 Å². The SMILES string of the molecule is NC1CCN(C(=O)C2(c3ccc(Cl)c(Cl)c3)CCC2)CC1. The van der Waals surface area contributed by atoms with Crippen molar-refractivity contribution in [1.29, 1.82) is 0 Å². The lowest BCUT2D eigenvalue weighted by atomic mass is 9.63. The van der Waals surface area contributed by atoms with Crippen LogP contribution in [0.5, 0.6) is 0 Å². The van der Waals surface area contributed by atoms with Gasteiger partial charge in [-0.05, 0) is 43.4 Å². The van der Waals surface area contributed by atoms with E-state index in [9.17, 15) is 4.79 Å². The quantitative estimate of drug-likeness (QED) is 0.905. The summed E-state index contributed by atoms with van der Waals surface area (Å²) in [6.07, 6.45) is 4.66. The van der Waals surface area contributed by atoms with E-state index in [-0.39, 0.29) is 11.9 Å². The van der Waals surface area contributed by atoms with Gasteiger partial charge >= 0.3 is 0 Å². The largest absolute Gasteiger partial charge is 0.342 e. The minimum atomic E-state index is -0.393. The fraction of sp³-hybridized carbons (Fsp3) is 0.562. The van der Waals surface area contributed by atoms with Gasteiger partial charge in [-0.15, -0.1) is 0 Å². The minimum absolute atomic E-state index is 0.233. The topological polar surface area (TPSA) is 46.3 Å². The number of carbonyl (C=O) groups is 1. The van der Waals surface area contributed by atoms with Crippen molar-refractivity contribution in [1.82, 2.24) is 4.90 Å². The standard InChI is InChI=1S/C16H20Cl2N2O/c17-13-3-2-11(10-14(13)18)16(6-1-7-16)15(21)20-8-4-12(19)5-9-20/h2-3,10,12H,1,4-9,19H2. The molecule has 5 heteroatoms. The van der Waals surface area contributed by atoms with Crippen molar-refractivity contribution >= 4 is 29.1 Å². The molecule has 1 aromatic carbocycles. The van der Waals surface area contributed by atoms with E-state index < -0.39 is 5.41 Å². The molecule has 0 atom stereocenters. The molecular weight excluding hydrogens is 307 g/mol. The number of rotatable bonds is 2. The highest BCUT2D eigenvalue weighted by Crippen LogP contribution is 2.46. The van der Waals surface area contributed by atoms with E-state index in [1.807, 2.05) is 17.0 Å². The molecule has 1 saturated heterocycles. The summed E-state index contributed by atoms with van der Waals surface area (Å²) in [6, 6.07) is 5.83. The van der Waals surface area contributed by atoms with Gasteiger partial charge in [0.15, 0.2) is 0 Å². The summed E-state index contributed by atoms with van der Waals surface area (Å²) in [5.74, 6) is 0.235. The molecule has 3 rings (SSSR count). The number of hydrogen-bond donors (Lipinski definition) is 1. The minimum Gasteiger partial charge on any atom is -0.342 e. The van der Waals surface area contributed by atoms with Crippen LogP contribution in [-0.2, 0) is 10.2 Å². The van der Waals surface area contributed by atoms with Crippen LogP contribution in [-0.4, -0.2) is 29.9 Å². The van der Waals surface area contributed by atoms with Gasteiger partial charge in [-0.3, -0.25) is 4.79 Å². The first-order chi connectivity index (χ1) is 10.0. The maximum absolute atomic E-state index is 13.0. The van der Waals surface area contributed by atoms with Gasteiger partial charge in [0.05, 0.1) is 15.5 Å². The zero-order valence-corrected chi connectivity index (χ0v) is 13.5. The van der Waals surface area contributed by atoms with Crippen molar-refractivity contribution in [2.24, 2.45) is 5.73 Å². The van der Waals surface area contributed by atoms with Crippen molar-refractivity contribution in [2.45, 2.75) is 43.6 Å². The molecule has 1 saturated carbocycles. The number of benzene rings is 1. The monoisotopic (exact) mass is 326 g/mol. The van der Waals surface area contributed by atoms with Gasteiger partial charge in [-0.25, -0.2) is 0 Å². The van der Waals surface area contributed by atoms with E-state index >= 15 is 0 Å². The molecule has 2 N–H and O–H groups in total. The second kappa shape index (κ2) is 5.79. The molecule has 2 aliphatic rings. The summed E-state index contributed by atoms with van der Waals surface area (Å²) in [5.41, 5.74) is 6.54. The third-order valence-electron chi connectivity index (χ3n) is 4.92. The zero-order chi connectivity index (χ0) is 15.0. The normalized spacial score (nSPS) is 22.0. The Balaban J connectivity index is 1.85. The molecule has 1 aromatic rings. The Labute approximate surface area is 135 Å². The number of carbonyl (C=O) groups excluding carboxylic acids is 1. The maximum atomic E-state index is 13.0. The molecule has 1 aliphatic heterocycles. The van der Waals surface area contributed by atoms with Crippen LogP contribution in [0.3, 0.4) is 0 Å². The number of nitrogens with two attached hydrogens (primary N) is 1. The van der Waals surface area contributed by atoms with Crippen LogP contribution in [0, 0.1) is 0 Å². The number of likely N-dealkylation sites (tertiary alicyclic amines) is 1. The number of piperidine rings is 1. The Morgan fingerprint density at radius 3 is 2.38 bits per heavy atom. The molecule has 1 heterocycles. The van der Waals surface area contributed by atoms with Gasteiger partial charge in [0.2, 0.25) is 5.91 Å². The Morgan fingerprint density at radius 2 is 1.86 bits per heavy atom. The van der Waals surface area contributed by atoms with E-state index in [4.69, 9.17) is 28.9 Å². The average molecular weight is 327 g/mol. The Kier molecular flexibility index (Phi) is 4.17. The predicted octanol–water partition coefficient (Wildman–Crippen LogP) is 3.36. The molecular formula is C16H20Cl2N2O. The molecule has 0 aromatic heterocycles. The third kappa shape index (κ3) is 2.67. The van der Waals surface area contributed by atoms with Crippen LogP contribution in [0.1, 0.15) is 37.7 Å². The van der Waals surface area contributed by atoms with E-state index in [0.717, 1.165) is 50.8 Å². The highest BCUT2D eigenvalue weighted by molar-refractivity contribution is 6.42. The summed E-state index contributed by atoms with van der Waals surface area (Å²) in [4.78, 5) is 15.0. The molecule has 0 bridgehead atoms. The molecule has 1 amide bonds. The van der Waals surface area contributed by atoms with E-state index in [2.05, 4.69) is 0 Å². The van der Waals surface area contributed by atoms with E-state index in [1.165, 1.54) is 0 Å². The Bertz CT molecular complexity index is 549. The number of halogens is 2. The molecule has 1 aliphatic carbocycles. The second-order valence-corrected chi connectivity index (χ2v) is 7.01. The smallest absolute Gasteiger partial charge is 0.233 e. The fourth-order valence-electron chi connectivity index (χ4n) is 3.36. The maximum Gasteiger partial charge on any atom is 0.233 e. The average Bonchev–Trinajstić information content (AvgIpc) is 2.42. The van der Waals surface area contributed by atoms with Gasteiger partial charge in [-0.2, -0.15) is 0 Å². The van der Waals surface area contributed by atoms with Crippen LogP contribution < -0.4 is 5.73 Å². The summed E-state index contributed by atoms with van der Waals surface area (Å²) in [5, 5.41) is 1.06. The first-order valence-electron chi connectivity index (χ1n) is 7.53. The highest BCUT2D eigenvalue weighted by atomic mass is 35.5. The highest BCUT2D eigenvalue weighted by Gasteiger charge is 2.48. The Hall–Kier alpha value is -0.770. The zero-order valence-electron chi connectivity index (χ0n) is 11.9. The van der Waals surface area contributed by atoms with Crippen molar-refractivity contribution in [3.8, 4) is 0 Å². The lowest BCUT2D eigenvalue weighted by molar-refractivity contribution is -0.142. The van der Waals surface area contributed by atoms with Gasteiger partial charge in [0.25, 0.3) is 0 Å². The molecule has 3 nitrogen and oxygen atoms in total. The van der Waals surface area contributed by atoms with Crippen LogP contribution in [0.2, 0.25) is 10.0 Å². The molecule has 0 radical (unpaired) electrons. The van der Waals surface area contributed by atoms with Crippen molar-refractivity contribution in [3.05, 3.63) is 33.8 Å². The van der Waals surface area contributed by atoms with E-state index in [0.29, 0.717) is 10.0 Å². The van der Waals surface area contributed by atoms with Crippen LogP contribution in [0.25, 0.3) is 0 Å². The number of hydrogen-bond acceptors (Lipinski definition) is 2. The molecule has 114 valence electrons. The van der Waals surface area contributed by atoms with Crippen LogP contribution in [0.15, 0.2) is 18.2 Å². The van der Waals surface area contributed by atoms with Gasteiger partial charge in [-0.1, -0.05) is 35.7 Å². The molecule has 0 unspecified atom stereocenters. The summed E-state index contributed by atoms with van der Waals surface area (Å²) in [6.45, 7) is 1.53. The van der Waals surface area contributed by atoms with Crippen LogP contribution >= 0.6 is 23.2 Å². The van der Waals surface area contributed by atoms with Gasteiger partial charge < -0.3 is 10.6 Å². The fourth-order valence-corrected chi connectivity index (χ4v) is 3.65. The first-order valence-corrected chi connectivity index (χ1v) is 8.29. The lowest BCUT2D eigenvalue weighted by Gasteiger charge is -2.45. The molecule has 21 heavy (non-hydrogen) atoms. The number of amides is 1. The van der Waals surface area contributed by atoms with Crippen LogP contribution in [0.4, 0.5) is 0 Å². The number of nitrogens with zero attached hydrogens (tertiary/aromatic N) is 1. The van der Waals surface area contributed by atoms with Crippen molar-refractivity contribution in [2.75, 3.05) is 13.1 Å². The molecule has 2 fully saturated rings. The van der Waals surface area contributed by atoms with Gasteiger partial charge in [0, 0.05) is 19.1 Å². The summed E-state index contributed by atoms with van der Waals surface area (Å²) in [7, 11) is 0. The lowest BCUT2D eigenvalue weighted by Crippen LogP contribution is -2.54. The van der Waals surface area contributed by atoms with Crippen molar-refractivity contribution in [3.63, 3.8) is 0 Å². The predicted molar refractivity (Wildman–Crippen MR) is 85.8 cm³/mol. The Morgan fingerprint density at radius 1 is 1.19 bits per heavy atom.